The summed E-state index contributed by atoms with van der Waals surface area (Å²) in [6.07, 6.45) is 3.68. The molecule has 0 radical (unpaired) electrons. The van der Waals surface area contributed by atoms with Crippen LogP contribution in [0.3, 0.4) is 0 Å². The number of oxazole rings is 1. The van der Waals surface area contributed by atoms with Gasteiger partial charge in [0.2, 0.25) is 5.91 Å². The molecule has 0 bridgehead atoms. The number of para-hydroxylation sites is 3. The molecule has 7 nitrogen and oxygen atoms in total. The number of imidazole rings is 1. The van der Waals surface area contributed by atoms with E-state index < -0.39 is 5.76 Å². The van der Waals surface area contributed by atoms with E-state index in [-0.39, 0.29) is 12.5 Å². The highest BCUT2D eigenvalue weighted by Gasteiger charge is 2.21. The zero-order chi connectivity index (χ0) is 20.5. The van der Waals surface area contributed by atoms with Crippen molar-refractivity contribution in [2.45, 2.75) is 13.1 Å². The SMILES string of the molecule is O=C(Cn1c(=O)oc2ccccc21)N(Cc1cnc2ccccn12)c1ccccc1. The lowest BCUT2D eigenvalue weighted by molar-refractivity contribution is -0.119. The molecule has 148 valence electrons. The fraction of sp³-hybridized carbons (Fsp3) is 0.0870. The molecular formula is C23H18N4O3. The molecule has 0 spiro atoms. The van der Waals surface area contributed by atoms with Gasteiger partial charge in [-0.3, -0.25) is 9.36 Å². The van der Waals surface area contributed by atoms with E-state index in [0.29, 0.717) is 17.6 Å². The first-order valence-corrected chi connectivity index (χ1v) is 9.55. The number of hydrogen-bond acceptors (Lipinski definition) is 4. The van der Waals surface area contributed by atoms with Gasteiger partial charge in [-0.25, -0.2) is 9.78 Å². The van der Waals surface area contributed by atoms with Crippen molar-refractivity contribution in [2.24, 2.45) is 0 Å². The van der Waals surface area contributed by atoms with E-state index in [1.54, 1.807) is 29.3 Å². The minimum atomic E-state index is -0.549. The molecule has 0 unspecified atom stereocenters. The summed E-state index contributed by atoms with van der Waals surface area (Å²) in [5, 5.41) is 0. The van der Waals surface area contributed by atoms with E-state index in [2.05, 4.69) is 4.98 Å². The van der Waals surface area contributed by atoms with Crippen LogP contribution in [0.25, 0.3) is 16.7 Å². The maximum absolute atomic E-state index is 13.4. The number of carbonyl (C=O) groups is 1. The summed E-state index contributed by atoms with van der Waals surface area (Å²) in [6.45, 7) is 0.194. The predicted molar refractivity (Wildman–Crippen MR) is 113 cm³/mol. The van der Waals surface area contributed by atoms with Gasteiger partial charge in [0, 0.05) is 11.9 Å². The van der Waals surface area contributed by atoms with Gasteiger partial charge in [-0.1, -0.05) is 36.4 Å². The predicted octanol–water partition coefficient (Wildman–Crippen LogP) is 3.48. The van der Waals surface area contributed by atoms with E-state index >= 15 is 0 Å². The van der Waals surface area contributed by atoms with Crippen LogP contribution in [-0.2, 0) is 17.9 Å². The Morgan fingerprint density at radius 2 is 1.73 bits per heavy atom. The number of benzene rings is 2. The molecule has 0 N–H and O–H groups in total. The van der Waals surface area contributed by atoms with Crippen molar-refractivity contribution in [1.29, 1.82) is 0 Å². The van der Waals surface area contributed by atoms with E-state index in [1.165, 1.54) is 4.57 Å². The van der Waals surface area contributed by atoms with Gasteiger partial charge < -0.3 is 13.7 Å². The van der Waals surface area contributed by atoms with Gasteiger partial charge in [0.1, 0.15) is 12.2 Å². The van der Waals surface area contributed by atoms with Gasteiger partial charge in [0.05, 0.1) is 24.0 Å². The average Bonchev–Trinajstić information content (AvgIpc) is 3.33. The summed E-state index contributed by atoms with van der Waals surface area (Å²) in [5.74, 6) is -0.770. The Kier molecular flexibility index (Phi) is 4.40. The minimum absolute atomic E-state index is 0.124. The molecule has 0 saturated carbocycles. The Morgan fingerprint density at radius 3 is 2.60 bits per heavy atom. The smallest absolute Gasteiger partial charge is 0.408 e. The largest absolute Gasteiger partial charge is 0.420 e. The molecular weight excluding hydrogens is 380 g/mol. The van der Waals surface area contributed by atoms with Crippen LogP contribution >= 0.6 is 0 Å². The molecule has 5 rings (SSSR count). The third-order valence-corrected chi connectivity index (χ3v) is 5.05. The normalized spacial score (nSPS) is 11.2. The molecule has 2 aromatic carbocycles. The van der Waals surface area contributed by atoms with Gasteiger partial charge in [-0.15, -0.1) is 0 Å². The molecule has 0 saturated heterocycles. The summed E-state index contributed by atoms with van der Waals surface area (Å²) in [7, 11) is 0. The fourth-order valence-electron chi connectivity index (χ4n) is 3.58. The van der Waals surface area contributed by atoms with Crippen molar-refractivity contribution in [3.8, 4) is 0 Å². The van der Waals surface area contributed by atoms with Gasteiger partial charge in [0.25, 0.3) is 0 Å². The van der Waals surface area contributed by atoms with Crippen molar-refractivity contribution >= 4 is 28.3 Å². The second kappa shape index (κ2) is 7.36. The Bertz CT molecular complexity index is 1400. The zero-order valence-corrected chi connectivity index (χ0v) is 16.0. The molecule has 0 fully saturated rings. The molecule has 5 aromatic rings. The quantitative estimate of drug-likeness (QED) is 0.454. The van der Waals surface area contributed by atoms with Crippen LogP contribution < -0.4 is 10.7 Å². The lowest BCUT2D eigenvalue weighted by Crippen LogP contribution is -2.35. The fourth-order valence-corrected chi connectivity index (χ4v) is 3.58. The minimum Gasteiger partial charge on any atom is -0.408 e. The Hall–Kier alpha value is -4.13. The van der Waals surface area contributed by atoms with E-state index in [9.17, 15) is 9.59 Å². The van der Waals surface area contributed by atoms with Gasteiger partial charge >= 0.3 is 5.76 Å². The highest BCUT2D eigenvalue weighted by molar-refractivity contribution is 5.93. The number of pyridine rings is 1. The number of rotatable bonds is 5. The van der Waals surface area contributed by atoms with Crippen LogP contribution in [0.2, 0.25) is 0 Å². The number of amides is 1. The van der Waals surface area contributed by atoms with Crippen molar-refractivity contribution in [1.82, 2.24) is 14.0 Å². The van der Waals surface area contributed by atoms with Crippen LogP contribution in [-0.4, -0.2) is 19.9 Å². The second-order valence-corrected chi connectivity index (χ2v) is 6.92. The first kappa shape index (κ1) is 17.9. The van der Waals surface area contributed by atoms with Crippen LogP contribution in [0.5, 0.6) is 0 Å². The first-order valence-electron chi connectivity index (χ1n) is 9.55. The first-order chi connectivity index (χ1) is 14.7. The van der Waals surface area contributed by atoms with Gasteiger partial charge in [-0.2, -0.15) is 0 Å². The van der Waals surface area contributed by atoms with Gasteiger partial charge in [-0.05, 0) is 36.4 Å². The molecule has 3 heterocycles. The monoisotopic (exact) mass is 398 g/mol. The number of fused-ring (bicyclic) bond motifs is 2. The third-order valence-electron chi connectivity index (χ3n) is 5.05. The molecule has 7 heteroatoms. The highest BCUT2D eigenvalue weighted by Crippen LogP contribution is 2.19. The molecule has 1 amide bonds. The van der Waals surface area contributed by atoms with Crippen LogP contribution in [0.15, 0.2) is 94.4 Å². The number of anilines is 1. The molecule has 30 heavy (non-hydrogen) atoms. The summed E-state index contributed by atoms with van der Waals surface area (Å²) in [6, 6.07) is 22.2. The summed E-state index contributed by atoms with van der Waals surface area (Å²) >= 11 is 0. The number of hydrogen-bond donors (Lipinski definition) is 0. The summed E-state index contributed by atoms with van der Waals surface area (Å²) in [4.78, 5) is 31.8. The molecule has 0 aliphatic rings. The van der Waals surface area contributed by atoms with Crippen LogP contribution in [0, 0.1) is 0 Å². The molecule has 0 aliphatic carbocycles. The topological polar surface area (TPSA) is 72.8 Å². The van der Waals surface area contributed by atoms with Gasteiger partial charge in [0.15, 0.2) is 5.58 Å². The lowest BCUT2D eigenvalue weighted by Gasteiger charge is -2.23. The van der Waals surface area contributed by atoms with Crippen molar-refractivity contribution in [3.05, 3.63) is 101 Å². The van der Waals surface area contributed by atoms with Crippen molar-refractivity contribution < 1.29 is 9.21 Å². The molecule has 0 atom stereocenters. The van der Waals surface area contributed by atoms with E-state index in [0.717, 1.165) is 17.0 Å². The number of nitrogens with zero attached hydrogens (tertiary/aromatic N) is 4. The van der Waals surface area contributed by atoms with Crippen molar-refractivity contribution in [2.75, 3.05) is 4.90 Å². The van der Waals surface area contributed by atoms with Crippen LogP contribution in [0.4, 0.5) is 5.69 Å². The average molecular weight is 398 g/mol. The zero-order valence-electron chi connectivity index (χ0n) is 16.0. The Labute approximate surface area is 171 Å². The number of carbonyl (C=O) groups excluding carboxylic acids is 1. The molecule has 0 aliphatic heterocycles. The standard InChI is InChI=1S/C23H18N4O3/c28-22(16-27-19-10-4-5-11-20(19)30-23(27)29)26(17-8-2-1-3-9-17)15-18-14-24-21-12-6-7-13-25(18)21/h1-14H,15-16H2. The molecule has 3 aromatic heterocycles. The van der Waals surface area contributed by atoms with Crippen LogP contribution in [0.1, 0.15) is 5.69 Å². The number of aromatic nitrogens is 3. The van der Waals surface area contributed by atoms with E-state index in [4.69, 9.17) is 4.42 Å². The Morgan fingerprint density at radius 1 is 0.967 bits per heavy atom. The summed E-state index contributed by atoms with van der Waals surface area (Å²) in [5.41, 5.74) is 3.48. The summed E-state index contributed by atoms with van der Waals surface area (Å²) < 4.78 is 8.58. The highest BCUT2D eigenvalue weighted by atomic mass is 16.4. The third kappa shape index (κ3) is 3.16. The van der Waals surface area contributed by atoms with E-state index in [1.807, 2.05) is 65.2 Å². The lowest BCUT2D eigenvalue weighted by atomic mass is 10.2. The Balaban J connectivity index is 1.52. The second-order valence-electron chi connectivity index (χ2n) is 6.92. The maximum Gasteiger partial charge on any atom is 0.420 e. The van der Waals surface area contributed by atoms with Crippen molar-refractivity contribution in [3.63, 3.8) is 0 Å². The maximum atomic E-state index is 13.4.